The Morgan fingerprint density at radius 2 is 2.05 bits per heavy atom. The topological polar surface area (TPSA) is 38.5 Å². The number of benzene rings is 1. The third-order valence-electron chi connectivity index (χ3n) is 3.64. The van der Waals surface area contributed by atoms with Crippen molar-refractivity contribution >= 4 is 0 Å². The van der Waals surface area contributed by atoms with Crippen LogP contribution < -0.4 is 5.73 Å². The fraction of sp³-hybridized carbons (Fsp3) is 0.571. The largest absolute Gasteiger partial charge is 0.378 e. The second kappa shape index (κ2) is 6.41. The summed E-state index contributed by atoms with van der Waals surface area (Å²) in [6.07, 6.45) is 0.925. The molecule has 106 valence electrons. The van der Waals surface area contributed by atoms with Crippen molar-refractivity contribution in [2.75, 3.05) is 26.3 Å². The van der Waals surface area contributed by atoms with E-state index >= 15 is 0 Å². The molecule has 19 heavy (non-hydrogen) atoms. The lowest BCUT2D eigenvalue weighted by Crippen LogP contribution is -2.48. The molecule has 0 radical (unpaired) electrons. The normalized spacial score (nSPS) is 22.4. The van der Waals surface area contributed by atoms with E-state index in [1.807, 2.05) is 0 Å². The van der Waals surface area contributed by atoms with Crippen molar-refractivity contribution in [3.63, 3.8) is 0 Å². The van der Waals surface area contributed by atoms with Crippen molar-refractivity contribution in [1.29, 1.82) is 0 Å². The summed E-state index contributed by atoms with van der Waals surface area (Å²) in [5.41, 5.74) is 6.42. The molecule has 1 saturated heterocycles. The molecule has 2 unspecified atom stereocenters. The Labute approximate surface area is 112 Å². The lowest BCUT2D eigenvalue weighted by atomic mass is 10.0. The molecule has 0 spiro atoms. The average Bonchev–Trinajstić information content (AvgIpc) is 2.39. The fourth-order valence-electron chi connectivity index (χ4n) is 2.66. The molecule has 0 saturated carbocycles. The molecule has 0 amide bonds. The van der Waals surface area contributed by atoms with Crippen LogP contribution in [0.2, 0.25) is 0 Å². The van der Waals surface area contributed by atoms with Crippen LogP contribution in [0.5, 0.6) is 0 Å². The zero-order chi connectivity index (χ0) is 13.8. The molecule has 0 aliphatic carbocycles. The molecule has 0 aromatic heterocycles. The summed E-state index contributed by atoms with van der Waals surface area (Å²) in [5, 5.41) is 0. The van der Waals surface area contributed by atoms with Crippen molar-refractivity contribution in [2.24, 2.45) is 5.73 Å². The van der Waals surface area contributed by atoms with E-state index < -0.39 is 11.6 Å². The third-order valence-corrected chi connectivity index (χ3v) is 3.64. The molecule has 1 heterocycles. The number of rotatable bonds is 4. The molecule has 0 bridgehead atoms. The van der Waals surface area contributed by atoms with E-state index in [9.17, 15) is 8.78 Å². The number of hydrogen-bond acceptors (Lipinski definition) is 3. The molecule has 1 aliphatic rings. The van der Waals surface area contributed by atoms with E-state index in [-0.39, 0.29) is 12.1 Å². The van der Waals surface area contributed by atoms with Gasteiger partial charge in [-0.2, -0.15) is 0 Å². The number of hydrogen-bond donors (Lipinski definition) is 1. The Kier molecular flexibility index (Phi) is 4.85. The summed E-state index contributed by atoms with van der Waals surface area (Å²) < 4.78 is 32.1. The van der Waals surface area contributed by atoms with Crippen molar-refractivity contribution in [3.05, 3.63) is 35.4 Å². The number of nitrogens with two attached hydrogens (primary N) is 1. The first-order valence-corrected chi connectivity index (χ1v) is 6.65. The van der Waals surface area contributed by atoms with Crippen molar-refractivity contribution in [3.8, 4) is 0 Å². The van der Waals surface area contributed by atoms with E-state index in [0.717, 1.165) is 19.0 Å². The van der Waals surface area contributed by atoms with Gasteiger partial charge in [0.15, 0.2) is 0 Å². The molecular weight excluding hydrogens is 250 g/mol. The van der Waals surface area contributed by atoms with Crippen LogP contribution in [0.25, 0.3) is 0 Å². The molecule has 1 aromatic carbocycles. The van der Waals surface area contributed by atoms with Gasteiger partial charge in [-0.3, -0.25) is 4.90 Å². The van der Waals surface area contributed by atoms with Crippen molar-refractivity contribution in [1.82, 2.24) is 4.90 Å². The average molecular weight is 270 g/mol. The van der Waals surface area contributed by atoms with Gasteiger partial charge in [0, 0.05) is 31.2 Å². The number of morpholine rings is 1. The maximum Gasteiger partial charge on any atom is 0.126 e. The van der Waals surface area contributed by atoms with Crippen LogP contribution >= 0.6 is 0 Å². The van der Waals surface area contributed by atoms with Gasteiger partial charge in [0.25, 0.3) is 0 Å². The highest BCUT2D eigenvalue weighted by atomic mass is 19.1. The van der Waals surface area contributed by atoms with E-state index in [1.165, 1.54) is 12.1 Å². The summed E-state index contributed by atoms with van der Waals surface area (Å²) in [5.74, 6) is -1.12. The third kappa shape index (κ3) is 3.29. The minimum absolute atomic E-state index is 0.168. The predicted molar refractivity (Wildman–Crippen MR) is 69.8 cm³/mol. The fourth-order valence-corrected chi connectivity index (χ4v) is 2.66. The van der Waals surface area contributed by atoms with E-state index in [2.05, 4.69) is 11.8 Å². The molecule has 3 nitrogen and oxygen atoms in total. The van der Waals surface area contributed by atoms with Gasteiger partial charge in [-0.05, 0) is 24.1 Å². The van der Waals surface area contributed by atoms with Crippen LogP contribution in [-0.4, -0.2) is 37.2 Å². The Hall–Kier alpha value is -1.04. The van der Waals surface area contributed by atoms with Crippen LogP contribution in [0, 0.1) is 11.6 Å². The molecule has 2 N–H and O–H groups in total. The maximum atomic E-state index is 13.3. The van der Waals surface area contributed by atoms with Crippen LogP contribution in [0.3, 0.4) is 0 Å². The second-order valence-corrected chi connectivity index (χ2v) is 4.83. The van der Waals surface area contributed by atoms with Gasteiger partial charge in [-0.25, -0.2) is 8.78 Å². The van der Waals surface area contributed by atoms with E-state index in [4.69, 9.17) is 10.5 Å². The van der Waals surface area contributed by atoms with E-state index in [0.29, 0.717) is 25.3 Å². The number of halogens is 2. The van der Waals surface area contributed by atoms with Gasteiger partial charge in [0.1, 0.15) is 11.6 Å². The Balaban J connectivity index is 2.27. The maximum absolute atomic E-state index is 13.3. The number of ether oxygens (including phenoxy) is 1. The quantitative estimate of drug-likeness (QED) is 0.910. The Morgan fingerprint density at radius 1 is 1.37 bits per heavy atom. The minimum atomic E-state index is -0.560. The highest BCUT2D eigenvalue weighted by Crippen LogP contribution is 2.26. The van der Waals surface area contributed by atoms with Crippen molar-refractivity contribution < 1.29 is 13.5 Å². The Bertz CT molecular complexity index is 408. The highest BCUT2D eigenvalue weighted by Gasteiger charge is 2.29. The second-order valence-electron chi connectivity index (χ2n) is 4.83. The first-order chi connectivity index (χ1) is 9.15. The first kappa shape index (κ1) is 14.4. The standard InChI is InChI=1S/C14H20F2N2O/c1-2-13-9-19-4-3-18(13)14(8-17)10-5-11(15)7-12(16)6-10/h5-7,13-14H,2-4,8-9,17H2,1H3. The molecule has 1 aliphatic heterocycles. The van der Waals surface area contributed by atoms with Gasteiger partial charge in [-0.15, -0.1) is 0 Å². The first-order valence-electron chi connectivity index (χ1n) is 6.65. The molecule has 2 atom stereocenters. The Morgan fingerprint density at radius 3 is 2.63 bits per heavy atom. The van der Waals surface area contributed by atoms with Crippen LogP contribution in [0.4, 0.5) is 8.78 Å². The molecule has 1 fully saturated rings. The lowest BCUT2D eigenvalue weighted by Gasteiger charge is -2.40. The van der Waals surface area contributed by atoms with Gasteiger partial charge in [-0.1, -0.05) is 6.92 Å². The molecule has 2 rings (SSSR count). The van der Waals surface area contributed by atoms with Gasteiger partial charge in [0.05, 0.1) is 13.2 Å². The predicted octanol–water partition coefficient (Wildman–Crippen LogP) is 2.08. The number of nitrogens with zero attached hydrogens (tertiary/aromatic N) is 1. The van der Waals surface area contributed by atoms with Gasteiger partial charge < -0.3 is 10.5 Å². The highest BCUT2D eigenvalue weighted by molar-refractivity contribution is 5.22. The van der Waals surface area contributed by atoms with Gasteiger partial charge >= 0.3 is 0 Å². The summed E-state index contributed by atoms with van der Waals surface area (Å²) in [6.45, 7) is 4.42. The van der Waals surface area contributed by atoms with Crippen LogP contribution in [0.1, 0.15) is 24.9 Å². The monoisotopic (exact) mass is 270 g/mol. The minimum Gasteiger partial charge on any atom is -0.378 e. The molecule has 5 heteroatoms. The summed E-state index contributed by atoms with van der Waals surface area (Å²) >= 11 is 0. The van der Waals surface area contributed by atoms with Crippen LogP contribution in [0.15, 0.2) is 18.2 Å². The zero-order valence-corrected chi connectivity index (χ0v) is 11.1. The van der Waals surface area contributed by atoms with Crippen LogP contribution in [-0.2, 0) is 4.74 Å². The molecule has 1 aromatic rings. The summed E-state index contributed by atoms with van der Waals surface area (Å²) in [4.78, 5) is 2.19. The summed E-state index contributed by atoms with van der Waals surface area (Å²) in [7, 11) is 0. The van der Waals surface area contributed by atoms with Gasteiger partial charge in [0.2, 0.25) is 0 Å². The molecular formula is C14H20F2N2O. The smallest absolute Gasteiger partial charge is 0.126 e. The zero-order valence-electron chi connectivity index (χ0n) is 11.1. The SMILES string of the molecule is CCC1COCCN1C(CN)c1cc(F)cc(F)c1. The summed E-state index contributed by atoms with van der Waals surface area (Å²) in [6, 6.07) is 3.69. The lowest BCUT2D eigenvalue weighted by molar-refractivity contribution is -0.0291. The van der Waals surface area contributed by atoms with E-state index in [1.54, 1.807) is 0 Å². The van der Waals surface area contributed by atoms with Crippen molar-refractivity contribution in [2.45, 2.75) is 25.4 Å².